The molecule has 0 heterocycles. The standard InChI is InChI=1S/C10H16O/c1-6-4-9(11)8-5-7(6)10(8,2)3/h4,7-9,11H,5H2,1-3H3/t7?,8?,9-/m1/s1. The molecule has 2 unspecified atom stereocenters. The lowest BCUT2D eigenvalue weighted by atomic mass is 9.48. The minimum Gasteiger partial charge on any atom is -0.389 e. The molecule has 1 N–H and O–H groups in total. The van der Waals surface area contributed by atoms with Gasteiger partial charge in [0.25, 0.3) is 0 Å². The number of aliphatic hydroxyl groups excluding tert-OH is 1. The summed E-state index contributed by atoms with van der Waals surface area (Å²) in [6, 6.07) is 0. The molecule has 0 aromatic carbocycles. The Labute approximate surface area is 68.1 Å². The minimum absolute atomic E-state index is 0.171. The van der Waals surface area contributed by atoms with Gasteiger partial charge in [0, 0.05) is 0 Å². The van der Waals surface area contributed by atoms with Gasteiger partial charge in [-0.05, 0) is 30.6 Å². The molecule has 3 aliphatic rings. The zero-order valence-corrected chi connectivity index (χ0v) is 7.46. The van der Waals surface area contributed by atoms with Crippen LogP contribution in [0.2, 0.25) is 0 Å². The molecule has 11 heavy (non-hydrogen) atoms. The van der Waals surface area contributed by atoms with Gasteiger partial charge in [-0.25, -0.2) is 0 Å². The highest BCUT2D eigenvalue weighted by Gasteiger charge is 2.53. The SMILES string of the molecule is CC1=C[C@@H](O)C2CC1C2(C)C. The van der Waals surface area contributed by atoms with Crippen LogP contribution < -0.4 is 0 Å². The monoisotopic (exact) mass is 152 g/mol. The average molecular weight is 152 g/mol. The van der Waals surface area contributed by atoms with Crippen LogP contribution in [-0.2, 0) is 0 Å². The van der Waals surface area contributed by atoms with Crippen LogP contribution >= 0.6 is 0 Å². The fourth-order valence-electron chi connectivity index (χ4n) is 2.81. The van der Waals surface area contributed by atoms with Gasteiger partial charge in [0.15, 0.2) is 0 Å². The number of aliphatic hydroxyl groups is 1. The number of fused-ring (bicyclic) bond motifs is 1. The van der Waals surface area contributed by atoms with E-state index in [1.54, 1.807) is 0 Å². The zero-order chi connectivity index (χ0) is 8.22. The third-order valence-electron chi connectivity index (χ3n) is 3.74. The maximum absolute atomic E-state index is 9.65. The minimum atomic E-state index is -0.171. The van der Waals surface area contributed by atoms with Crippen LogP contribution in [0.3, 0.4) is 0 Å². The van der Waals surface area contributed by atoms with Crippen molar-refractivity contribution in [2.24, 2.45) is 17.3 Å². The van der Waals surface area contributed by atoms with Gasteiger partial charge in [-0.1, -0.05) is 25.5 Å². The third kappa shape index (κ3) is 0.750. The molecule has 1 fully saturated rings. The second-order valence-corrected chi connectivity index (χ2v) is 4.62. The largest absolute Gasteiger partial charge is 0.389 e. The molecule has 3 aliphatic carbocycles. The first-order valence-corrected chi connectivity index (χ1v) is 4.40. The van der Waals surface area contributed by atoms with Gasteiger partial charge in [-0.2, -0.15) is 0 Å². The lowest BCUT2D eigenvalue weighted by molar-refractivity contribution is -0.0760. The summed E-state index contributed by atoms with van der Waals surface area (Å²) in [5.41, 5.74) is 1.75. The van der Waals surface area contributed by atoms with E-state index in [-0.39, 0.29) is 6.10 Å². The Kier molecular flexibility index (Phi) is 1.26. The maximum Gasteiger partial charge on any atom is 0.0757 e. The highest BCUT2D eigenvalue weighted by atomic mass is 16.3. The fourth-order valence-corrected chi connectivity index (χ4v) is 2.81. The second-order valence-electron chi connectivity index (χ2n) is 4.62. The van der Waals surface area contributed by atoms with E-state index in [1.807, 2.05) is 6.08 Å². The second kappa shape index (κ2) is 1.89. The van der Waals surface area contributed by atoms with Crippen molar-refractivity contribution in [3.8, 4) is 0 Å². The molecule has 3 atom stereocenters. The van der Waals surface area contributed by atoms with Crippen LogP contribution in [0.1, 0.15) is 27.2 Å². The fraction of sp³-hybridized carbons (Fsp3) is 0.800. The van der Waals surface area contributed by atoms with Gasteiger partial charge in [0.05, 0.1) is 6.10 Å². The van der Waals surface area contributed by atoms with Gasteiger partial charge < -0.3 is 5.11 Å². The number of rotatable bonds is 0. The highest BCUT2D eigenvalue weighted by Crippen LogP contribution is 2.58. The number of hydrogen-bond acceptors (Lipinski definition) is 1. The number of allylic oxidation sites excluding steroid dienone is 1. The molecule has 0 aromatic rings. The summed E-state index contributed by atoms with van der Waals surface area (Å²) in [5.74, 6) is 1.27. The van der Waals surface area contributed by atoms with Gasteiger partial charge in [0.1, 0.15) is 0 Å². The van der Waals surface area contributed by atoms with Crippen LogP contribution in [0, 0.1) is 17.3 Å². The van der Waals surface area contributed by atoms with Crippen LogP contribution in [-0.4, -0.2) is 11.2 Å². The molecule has 1 saturated carbocycles. The van der Waals surface area contributed by atoms with E-state index in [1.165, 1.54) is 12.0 Å². The van der Waals surface area contributed by atoms with E-state index in [9.17, 15) is 5.11 Å². The van der Waals surface area contributed by atoms with E-state index in [2.05, 4.69) is 20.8 Å². The predicted octanol–water partition coefficient (Wildman–Crippen LogP) is 1.97. The molecule has 0 radical (unpaired) electrons. The topological polar surface area (TPSA) is 20.2 Å². The first-order chi connectivity index (χ1) is 5.03. The Morgan fingerprint density at radius 2 is 2.18 bits per heavy atom. The summed E-state index contributed by atoms with van der Waals surface area (Å²) in [7, 11) is 0. The van der Waals surface area contributed by atoms with E-state index >= 15 is 0 Å². The summed E-state index contributed by atoms with van der Waals surface area (Å²) in [6.45, 7) is 6.68. The molecule has 2 bridgehead atoms. The van der Waals surface area contributed by atoms with Crippen molar-refractivity contribution in [1.29, 1.82) is 0 Å². The Bertz CT molecular complexity index is 215. The summed E-state index contributed by atoms with van der Waals surface area (Å²) < 4.78 is 0. The summed E-state index contributed by atoms with van der Waals surface area (Å²) in [5, 5.41) is 9.65. The van der Waals surface area contributed by atoms with Crippen molar-refractivity contribution in [3.63, 3.8) is 0 Å². The summed E-state index contributed by atoms with van der Waals surface area (Å²) >= 11 is 0. The highest BCUT2D eigenvalue weighted by molar-refractivity contribution is 5.24. The molecule has 0 spiro atoms. The molecular formula is C10H16O. The lowest BCUT2D eigenvalue weighted by Crippen LogP contribution is -2.53. The Morgan fingerprint density at radius 1 is 1.55 bits per heavy atom. The van der Waals surface area contributed by atoms with E-state index < -0.39 is 0 Å². The van der Waals surface area contributed by atoms with Crippen molar-refractivity contribution in [2.45, 2.75) is 33.3 Å². The Balaban J connectivity index is 2.34. The van der Waals surface area contributed by atoms with Gasteiger partial charge in [0.2, 0.25) is 0 Å². The first-order valence-electron chi connectivity index (χ1n) is 4.40. The molecule has 1 nitrogen and oxygen atoms in total. The lowest BCUT2D eigenvalue weighted by Gasteiger charge is -2.57. The molecule has 62 valence electrons. The Hall–Kier alpha value is -0.300. The molecular weight excluding hydrogens is 136 g/mol. The van der Waals surface area contributed by atoms with Crippen LogP contribution in [0.5, 0.6) is 0 Å². The van der Waals surface area contributed by atoms with Crippen molar-refractivity contribution in [1.82, 2.24) is 0 Å². The summed E-state index contributed by atoms with van der Waals surface area (Å²) in [4.78, 5) is 0. The third-order valence-corrected chi connectivity index (χ3v) is 3.74. The van der Waals surface area contributed by atoms with Crippen LogP contribution in [0.25, 0.3) is 0 Å². The van der Waals surface area contributed by atoms with Crippen molar-refractivity contribution in [2.75, 3.05) is 0 Å². The van der Waals surface area contributed by atoms with Crippen molar-refractivity contribution < 1.29 is 5.11 Å². The smallest absolute Gasteiger partial charge is 0.0757 e. The van der Waals surface area contributed by atoms with E-state index in [4.69, 9.17) is 0 Å². The molecule has 0 aromatic heterocycles. The maximum atomic E-state index is 9.65. The molecule has 3 rings (SSSR count). The molecule has 0 aliphatic heterocycles. The quantitative estimate of drug-likeness (QED) is 0.526. The molecule has 0 saturated heterocycles. The Morgan fingerprint density at radius 3 is 2.55 bits per heavy atom. The van der Waals surface area contributed by atoms with Crippen LogP contribution in [0.15, 0.2) is 11.6 Å². The number of hydrogen-bond donors (Lipinski definition) is 1. The molecule has 0 amide bonds. The van der Waals surface area contributed by atoms with Crippen molar-refractivity contribution in [3.05, 3.63) is 11.6 Å². The van der Waals surface area contributed by atoms with Crippen LogP contribution in [0.4, 0.5) is 0 Å². The van der Waals surface area contributed by atoms with Gasteiger partial charge >= 0.3 is 0 Å². The normalized spacial score (nSPS) is 46.2. The van der Waals surface area contributed by atoms with E-state index in [0.717, 1.165) is 5.92 Å². The average Bonchev–Trinajstić information content (AvgIpc) is 1.84. The summed E-state index contributed by atoms with van der Waals surface area (Å²) in [6.07, 6.45) is 3.07. The van der Waals surface area contributed by atoms with Gasteiger partial charge in [-0.3, -0.25) is 0 Å². The molecule has 1 heteroatoms. The van der Waals surface area contributed by atoms with E-state index in [0.29, 0.717) is 11.3 Å². The first kappa shape index (κ1) is 7.35. The van der Waals surface area contributed by atoms with Gasteiger partial charge in [-0.15, -0.1) is 0 Å². The predicted molar refractivity (Wildman–Crippen MR) is 45.1 cm³/mol. The zero-order valence-electron chi connectivity index (χ0n) is 7.46. The van der Waals surface area contributed by atoms with Crippen molar-refractivity contribution >= 4 is 0 Å².